The second-order valence-electron chi connectivity index (χ2n) is 3.17. The van der Waals surface area contributed by atoms with E-state index in [1.165, 1.54) is 6.33 Å². The van der Waals surface area contributed by atoms with Crippen LogP contribution >= 0.6 is 11.6 Å². The summed E-state index contributed by atoms with van der Waals surface area (Å²) in [6.45, 7) is 0. The number of nitrogens with zero attached hydrogens (tertiary/aromatic N) is 3. The Balaban J connectivity index is 3.25. The summed E-state index contributed by atoms with van der Waals surface area (Å²) >= 11 is 5.78. The Morgan fingerprint density at radius 2 is 2.07 bits per heavy atom. The molecule has 0 aliphatic rings. The van der Waals surface area contributed by atoms with Crippen molar-refractivity contribution in [2.45, 2.75) is 5.75 Å². The fourth-order valence-corrected chi connectivity index (χ4v) is 2.04. The molecule has 0 bridgehead atoms. The molecule has 0 amide bonds. The molecule has 0 aliphatic heterocycles. The van der Waals surface area contributed by atoms with Crippen LogP contribution in [0.25, 0.3) is 0 Å². The third-order valence-corrected chi connectivity index (χ3v) is 2.66. The molecule has 0 aromatic carbocycles. The Morgan fingerprint density at radius 3 is 2.53 bits per heavy atom. The molecule has 0 saturated carbocycles. The van der Waals surface area contributed by atoms with Gasteiger partial charge in [-0.2, -0.15) is 0 Å². The van der Waals surface area contributed by atoms with E-state index in [0.717, 1.165) is 0 Å². The van der Waals surface area contributed by atoms with E-state index in [0.29, 0.717) is 11.4 Å². The highest BCUT2D eigenvalue weighted by molar-refractivity contribution is 7.88. The first-order chi connectivity index (χ1) is 6.81. The molecule has 0 spiro atoms. The average molecular weight is 251 g/mol. The van der Waals surface area contributed by atoms with Gasteiger partial charge in [-0.1, -0.05) is 11.6 Å². The van der Waals surface area contributed by atoms with E-state index in [9.17, 15) is 8.42 Å². The normalized spacial score (nSPS) is 11.5. The van der Waals surface area contributed by atoms with Gasteiger partial charge >= 0.3 is 0 Å². The van der Waals surface area contributed by atoms with E-state index in [-0.39, 0.29) is 10.9 Å². The molecule has 1 heterocycles. The van der Waals surface area contributed by atoms with E-state index < -0.39 is 10.0 Å². The summed E-state index contributed by atoms with van der Waals surface area (Å²) in [5.41, 5.74) is 0.312. The van der Waals surface area contributed by atoms with Crippen molar-refractivity contribution in [2.75, 3.05) is 19.0 Å². The summed E-state index contributed by atoms with van der Waals surface area (Å²) in [6.07, 6.45) is 1.27. The Kier molecular flexibility index (Phi) is 3.48. The topological polar surface area (TPSA) is 89.2 Å². The molecule has 2 N–H and O–H groups in total. The van der Waals surface area contributed by atoms with Crippen molar-refractivity contribution >= 4 is 27.4 Å². The summed E-state index contributed by atoms with van der Waals surface area (Å²) in [7, 11) is -0.192. The van der Waals surface area contributed by atoms with Gasteiger partial charge in [-0.25, -0.2) is 23.5 Å². The molecule has 0 atom stereocenters. The highest BCUT2D eigenvalue weighted by atomic mass is 35.5. The van der Waals surface area contributed by atoms with Crippen LogP contribution in [0.3, 0.4) is 0 Å². The fourth-order valence-electron chi connectivity index (χ4n) is 1.09. The van der Waals surface area contributed by atoms with Crippen LogP contribution in [0.1, 0.15) is 5.56 Å². The molecule has 1 aromatic rings. The highest BCUT2D eigenvalue weighted by Gasteiger charge is 2.16. The minimum atomic E-state index is -3.65. The molecule has 6 nitrogen and oxygen atoms in total. The maximum absolute atomic E-state index is 11.0. The number of aromatic nitrogens is 2. The van der Waals surface area contributed by atoms with Crippen molar-refractivity contribution < 1.29 is 8.42 Å². The molecular weight excluding hydrogens is 240 g/mol. The molecule has 1 rings (SSSR count). The van der Waals surface area contributed by atoms with Crippen LogP contribution in [-0.2, 0) is 15.8 Å². The monoisotopic (exact) mass is 250 g/mol. The predicted octanol–water partition coefficient (Wildman–Crippen LogP) is -0.0155. The van der Waals surface area contributed by atoms with Gasteiger partial charge in [-0.05, 0) is 0 Å². The largest absolute Gasteiger partial charge is 0.362 e. The maximum Gasteiger partial charge on any atom is 0.213 e. The van der Waals surface area contributed by atoms with Crippen molar-refractivity contribution in [3.8, 4) is 0 Å². The summed E-state index contributed by atoms with van der Waals surface area (Å²) in [5.74, 6) is 0.0734. The van der Waals surface area contributed by atoms with Gasteiger partial charge in [0, 0.05) is 19.7 Å². The van der Waals surface area contributed by atoms with Crippen LogP contribution in [0.2, 0.25) is 5.15 Å². The first-order valence-electron chi connectivity index (χ1n) is 3.98. The third kappa shape index (κ3) is 3.29. The summed E-state index contributed by atoms with van der Waals surface area (Å²) in [5, 5.41) is 5.04. The van der Waals surface area contributed by atoms with Gasteiger partial charge in [0.05, 0.1) is 5.75 Å². The SMILES string of the molecule is CN(C)c1ncnc(Cl)c1CS(N)(=O)=O. The van der Waals surface area contributed by atoms with E-state index >= 15 is 0 Å². The van der Waals surface area contributed by atoms with E-state index in [1.54, 1.807) is 19.0 Å². The molecular formula is C7H11ClN4O2S. The van der Waals surface area contributed by atoms with Crippen LogP contribution in [0.5, 0.6) is 0 Å². The number of hydrogen-bond acceptors (Lipinski definition) is 5. The molecule has 0 unspecified atom stereocenters. The molecule has 84 valence electrons. The zero-order valence-electron chi connectivity index (χ0n) is 8.31. The van der Waals surface area contributed by atoms with Gasteiger partial charge in [-0.3, -0.25) is 0 Å². The lowest BCUT2D eigenvalue weighted by atomic mass is 10.3. The maximum atomic E-state index is 11.0. The summed E-state index contributed by atoms with van der Waals surface area (Å²) in [4.78, 5) is 9.29. The standard InChI is InChI=1S/C7H11ClN4O2S/c1-12(2)7-5(3-15(9,13)14)6(8)10-4-11-7/h4H,3H2,1-2H3,(H2,9,13,14). The highest BCUT2D eigenvalue weighted by Crippen LogP contribution is 2.23. The van der Waals surface area contributed by atoms with Gasteiger partial charge < -0.3 is 4.90 Å². The Bertz CT molecular complexity index is 460. The van der Waals surface area contributed by atoms with Gasteiger partial charge in [0.25, 0.3) is 0 Å². The fraction of sp³-hybridized carbons (Fsp3) is 0.429. The van der Waals surface area contributed by atoms with Crippen LogP contribution in [0, 0.1) is 0 Å². The molecule has 15 heavy (non-hydrogen) atoms. The zero-order valence-corrected chi connectivity index (χ0v) is 9.88. The Labute approximate surface area is 93.1 Å². The minimum absolute atomic E-state index is 0.0997. The van der Waals surface area contributed by atoms with Crippen molar-refractivity contribution in [3.63, 3.8) is 0 Å². The van der Waals surface area contributed by atoms with Crippen molar-refractivity contribution in [1.82, 2.24) is 9.97 Å². The van der Waals surface area contributed by atoms with E-state index in [2.05, 4.69) is 9.97 Å². The molecule has 0 radical (unpaired) electrons. The molecule has 8 heteroatoms. The van der Waals surface area contributed by atoms with E-state index in [4.69, 9.17) is 16.7 Å². The minimum Gasteiger partial charge on any atom is -0.362 e. The van der Waals surface area contributed by atoms with Gasteiger partial charge in [-0.15, -0.1) is 0 Å². The van der Waals surface area contributed by atoms with Gasteiger partial charge in [0.2, 0.25) is 10.0 Å². The smallest absolute Gasteiger partial charge is 0.213 e. The average Bonchev–Trinajstić information content (AvgIpc) is 2.05. The quantitative estimate of drug-likeness (QED) is 0.762. The van der Waals surface area contributed by atoms with Gasteiger partial charge in [0.15, 0.2) is 0 Å². The number of sulfonamides is 1. The molecule has 0 fully saturated rings. The second kappa shape index (κ2) is 4.30. The number of hydrogen-bond donors (Lipinski definition) is 1. The number of nitrogens with two attached hydrogens (primary N) is 1. The first kappa shape index (κ1) is 12.2. The van der Waals surface area contributed by atoms with Crippen LogP contribution in [0.4, 0.5) is 5.82 Å². The van der Waals surface area contributed by atoms with Crippen molar-refractivity contribution in [2.24, 2.45) is 5.14 Å². The number of primary sulfonamides is 1. The van der Waals surface area contributed by atoms with Gasteiger partial charge in [0.1, 0.15) is 17.3 Å². The summed E-state index contributed by atoms with van der Waals surface area (Å²) in [6, 6.07) is 0. The number of halogens is 1. The number of anilines is 1. The molecule has 0 aliphatic carbocycles. The second-order valence-corrected chi connectivity index (χ2v) is 5.14. The number of rotatable bonds is 3. The van der Waals surface area contributed by atoms with E-state index in [1.807, 2.05) is 0 Å². The lowest BCUT2D eigenvalue weighted by Crippen LogP contribution is -2.19. The lowest BCUT2D eigenvalue weighted by molar-refractivity contribution is 0.597. The Morgan fingerprint density at radius 1 is 1.47 bits per heavy atom. The molecule has 0 saturated heterocycles. The zero-order chi connectivity index (χ0) is 11.6. The van der Waals surface area contributed by atoms with Crippen molar-refractivity contribution in [1.29, 1.82) is 0 Å². The predicted molar refractivity (Wildman–Crippen MR) is 58.2 cm³/mol. The van der Waals surface area contributed by atoms with Crippen LogP contribution in [0.15, 0.2) is 6.33 Å². The molecule has 1 aromatic heterocycles. The Hall–Kier alpha value is -0.920. The van der Waals surface area contributed by atoms with Crippen LogP contribution in [-0.4, -0.2) is 32.5 Å². The van der Waals surface area contributed by atoms with Crippen molar-refractivity contribution in [3.05, 3.63) is 17.0 Å². The third-order valence-electron chi connectivity index (χ3n) is 1.64. The lowest BCUT2D eigenvalue weighted by Gasteiger charge is -2.15. The van der Waals surface area contributed by atoms with Crippen LogP contribution < -0.4 is 10.0 Å². The summed E-state index contributed by atoms with van der Waals surface area (Å²) < 4.78 is 21.9. The first-order valence-corrected chi connectivity index (χ1v) is 6.08.